The first-order valence-corrected chi connectivity index (χ1v) is 12.6. The Hall–Kier alpha value is -2.09. The number of aryl methyl sites for hydroxylation is 1. The third-order valence-electron chi connectivity index (χ3n) is 6.35. The van der Waals surface area contributed by atoms with Crippen LogP contribution in [-0.4, -0.2) is 45.0 Å². The van der Waals surface area contributed by atoms with Gasteiger partial charge in [0.05, 0.1) is 31.2 Å². The topological polar surface area (TPSA) is 48.5 Å². The number of fused-ring (bicyclic) bond motifs is 1. The number of aromatic nitrogens is 1. The van der Waals surface area contributed by atoms with Gasteiger partial charge in [-0.15, -0.1) is 11.6 Å². The molecular formula is C26H27ClFN2O2S+. The Balaban J connectivity index is 1.46. The van der Waals surface area contributed by atoms with Gasteiger partial charge in [0.2, 0.25) is 4.90 Å². The molecule has 2 N–H and O–H groups in total. The number of nitrogens with zero attached hydrogens (tertiary/aromatic N) is 1. The molecule has 0 bridgehead atoms. The van der Waals surface area contributed by atoms with Crippen LogP contribution in [0.4, 0.5) is 4.39 Å². The highest BCUT2D eigenvalue weighted by Gasteiger charge is 2.33. The van der Waals surface area contributed by atoms with Gasteiger partial charge >= 0.3 is 0 Å². The zero-order chi connectivity index (χ0) is 23.2. The van der Waals surface area contributed by atoms with Gasteiger partial charge in [-0.2, -0.15) is 4.55 Å². The molecule has 7 heteroatoms. The summed E-state index contributed by atoms with van der Waals surface area (Å²) in [6.07, 6.45) is 3.85. The highest BCUT2D eigenvalue weighted by Crippen LogP contribution is 2.42. The van der Waals surface area contributed by atoms with E-state index in [0.717, 1.165) is 45.6 Å². The van der Waals surface area contributed by atoms with Crippen LogP contribution in [0.5, 0.6) is 0 Å². The second kappa shape index (κ2) is 8.93. The molecule has 4 nitrogen and oxygen atoms in total. The van der Waals surface area contributed by atoms with Gasteiger partial charge in [0.15, 0.2) is 0 Å². The Labute approximate surface area is 201 Å². The molecule has 2 aliphatic rings. The highest BCUT2D eigenvalue weighted by atomic mass is 35.5. The predicted molar refractivity (Wildman–Crippen MR) is 135 cm³/mol. The number of aromatic amines is 1. The van der Waals surface area contributed by atoms with Gasteiger partial charge in [-0.25, -0.2) is 4.39 Å². The van der Waals surface area contributed by atoms with E-state index in [-0.39, 0.29) is 5.83 Å². The van der Waals surface area contributed by atoms with Crippen LogP contribution >= 0.6 is 11.6 Å². The summed E-state index contributed by atoms with van der Waals surface area (Å²) in [4.78, 5) is 3.47. The zero-order valence-corrected chi connectivity index (χ0v) is 20.3. The smallest absolute Gasteiger partial charge is 0.278 e. The van der Waals surface area contributed by atoms with Crippen LogP contribution in [-0.2, 0) is 16.1 Å². The second-order valence-corrected chi connectivity index (χ2v) is 11.1. The van der Waals surface area contributed by atoms with E-state index in [4.69, 9.17) is 16.3 Å². The van der Waals surface area contributed by atoms with E-state index in [0.29, 0.717) is 30.9 Å². The van der Waals surface area contributed by atoms with Gasteiger partial charge in [0, 0.05) is 28.2 Å². The third-order valence-corrected chi connectivity index (χ3v) is 8.22. The molecule has 2 atom stereocenters. The third kappa shape index (κ3) is 4.38. The first-order valence-electron chi connectivity index (χ1n) is 11.1. The molecule has 0 saturated carbocycles. The Kier molecular flexibility index (Phi) is 6.14. The van der Waals surface area contributed by atoms with Gasteiger partial charge in [-0.05, 0) is 73.4 Å². The summed E-state index contributed by atoms with van der Waals surface area (Å²) in [5, 5.41) is 1.00. The molecular weight excluding hydrogens is 459 g/mol. The standard InChI is InChI=1S/C26H27ClFN2O2S/c1-17-14-20(33(31)30-10-12-32-13-11-30)6-7-21(17)18-5-8-23-19(15-18)16-24(29-23)25-22(28)4-3-9-26(25,2)27/h3-8,14-16,29,31H,9-13H2,1-2H3/q+1. The molecule has 1 aliphatic carbocycles. The van der Waals surface area contributed by atoms with E-state index in [1.807, 2.05) is 25.1 Å². The van der Waals surface area contributed by atoms with Gasteiger partial charge in [0.25, 0.3) is 11.4 Å². The number of rotatable bonds is 4. The lowest BCUT2D eigenvalue weighted by Gasteiger charge is -2.26. The minimum atomic E-state index is -0.938. The molecule has 172 valence electrons. The highest BCUT2D eigenvalue weighted by molar-refractivity contribution is 7.89. The first kappa shape index (κ1) is 22.7. The fourth-order valence-corrected chi connectivity index (χ4v) is 6.15. The van der Waals surface area contributed by atoms with E-state index in [1.54, 1.807) is 6.08 Å². The summed E-state index contributed by atoms with van der Waals surface area (Å²) in [5.41, 5.74) is 5.44. The molecule has 2 heterocycles. The number of nitrogens with one attached hydrogen (secondary N) is 1. The molecule has 3 aromatic rings. The second-order valence-electron chi connectivity index (χ2n) is 8.79. The maximum atomic E-state index is 14.7. The van der Waals surface area contributed by atoms with Crippen LogP contribution in [0, 0.1) is 6.92 Å². The molecule has 5 rings (SSSR count). The van der Waals surface area contributed by atoms with Gasteiger partial charge in [-0.3, -0.25) is 0 Å². The quantitative estimate of drug-likeness (QED) is 0.328. The molecule has 1 aromatic heterocycles. The predicted octanol–water partition coefficient (Wildman–Crippen LogP) is 6.48. The van der Waals surface area contributed by atoms with Gasteiger partial charge in [0.1, 0.15) is 5.83 Å². The normalized spacial score (nSPS) is 22.8. The monoisotopic (exact) mass is 485 g/mol. The van der Waals surface area contributed by atoms with Crippen molar-refractivity contribution in [2.24, 2.45) is 0 Å². The molecule has 2 aromatic carbocycles. The number of benzene rings is 2. The number of allylic oxidation sites excluding steroid dienone is 4. The first-order chi connectivity index (χ1) is 15.8. The molecule has 0 amide bonds. The maximum absolute atomic E-state index is 14.7. The van der Waals surface area contributed by atoms with Crippen LogP contribution in [0.3, 0.4) is 0 Å². The summed E-state index contributed by atoms with van der Waals surface area (Å²) in [6.45, 7) is 6.69. The van der Waals surface area contributed by atoms with Crippen LogP contribution in [0.2, 0.25) is 0 Å². The lowest BCUT2D eigenvalue weighted by atomic mass is 9.89. The molecule has 0 spiro atoms. The van der Waals surface area contributed by atoms with Crippen molar-refractivity contribution in [3.63, 3.8) is 0 Å². The van der Waals surface area contributed by atoms with Crippen molar-refractivity contribution in [2.45, 2.75) is 30.0 Å². The number of hydrogen-bond acceptors (Lipinski definition) is 3. The van der Waals surface area contributed by atoms with E-state index in [2.05, 4.69) is 40.5 Å². The van der Waals surface area contributed by atoms with Crippen LogP contribution in [0.15, 0.2) is 65.3 Å². The van der Waals surface area contributed by atoms with Crippen LogP contribution in [0.1, 0.15) is 24.6 Å². The Morgan fingerprint density at radius 1 is 1.15 bits per heavy atom. The van der Waals surface area contributed by atoms with Crippen molar-refractivity contribution in [1.29, 1.82) is 0 Å². The van der Waals surface area contributed by atoms with Crippen molar-refractivity contribution in [3.8, 4) is 11.1 Å². The number of hydrogen-bond donors (Lipinski definition) is 2. The Morgan fingerprint density at radius 3 is 2.67 bits per heavy atom. The number of morpholine rings is 1. The summed E-state index contributed by atoms with van der Waals surface area (Å²) in [6, 6.07) is 14.3. The van der Waals surface area contributed by atoms with Gasteiger partial charge in [-0.1, -0.05) is 16.4 Å². The fourth-order valence-electron chi connectivity index (χ4n) is 4.60. The van der Waals surface area contributed by atoms with E-state index >= 15 is 0 Å². The Morgan fingerprint density at radius 2 is 1.94 bits per heavy atom. The van der Waals surface area contributed by atoms with Crippen molar-refractivity contribution in [1.82, 2.24) is 9.29 Å². The minimum absolute atomic E-state index is 0.295. The minimum Gasteiger partial charge on any atom is -0.378 e. The van der Waals surface area contributed by atoms with E-state index in [9.17, 15) is 8.94 Å². The van der Waals surface area contributed by atoms with Crippen molar-refractivity contribution >= 4 is 39.4 Å². The van der Waals surface area contributed by atoms with Crippen molar-refractivity contribution < 1.29 is 13.7 Å². The SMILES string of the molecule is Cc1cc([S+](O)N2CCOCC2)ccc1-c1ccc2[nH]c(C3=C(F)C=CCC3(C)Cl)cc2c1. The summed E-state index contributed by atoms with van der Waals surface area (Å²) >= 11 is 5.70. The number of H-pyrrole nitrogens is 1. The summed E-state index contributed by atoms with van der Waals surface area (Å²) < 4.78 is 32.9. The fraction of sp³-hybridized carbons (Fsp3) is 0.308. The lowest BCUT2D eigenvalue weighted by molar-refractivity contribution is 0.0733. The summed E-state index contributed by atoms with van der Waals surface area (Å²) in [7, 11) is 0. The van der Waals surface area contributed by atoms with Crippen molar-refractivity contribution in [3.05, 3.63) is 71.7 Å². The van der Waals surface area contributed by atoms with E-state index in [1.165, 1.54) is 6.08 Å². The average molecular weight is 486 g/mol. The molecule has 1 saturated heterocycles. The van der Waals surface area contributed by atoms with Crippen molar-refractivity contribution in [2.75, 3.05) is 26.3 Å². The molecule has 33 heavy (non-hydrogen) atoms. The molecule has 2 unspecified atom stereocenters. The molecule has 0 radical (unpaired) electrons. The number of alkyl halides is 1. The lowest BCUT2D eigenvalue weighted by Crippen LogP contribution is -2.40. The maximum Gasteiger partial charge on any atom is 0.278 e. The molecule has 1 fully saturated rings. The Bertz CT molecular complexity index is 1260. The van der Waals surface area contributed by atoms with Crippen LogP contribution in [0.25, 0.3) is 27.6 Å². The van der Waals surface area contributed by atoms with Gasteiger partial charge < -0.3 is 9.72 Å². The van der Waals surface area contributed by atoms with Crippen LogP contribution < -0.4 is 0 Å². The number of halogens is 2. The zero-order valence-electron chi connectivity index (χ0n) is 18.7. The largest absolute Gasteiger partial charge is 0.378 e. The average Bonchev–Trinajstić information content (AvgIpc) is 3.21. The summed E-state index contributed by atoms with van der Waals surface area (Å²) in [5.74, 6) is -0.295. The van der Waals surface area contributed by atoms with E-state index < -0.39 is 16.2 Å². The molecule has 1 aliphatic heterocycles. The number of ether oxygens (including phenoxy) is 1.